The zero-order chi connectivity index (χ0) is 6.41. The molecule has 0 N–H and O–H groups in total. The monoisotopic (exact) mass is 150 g/mol. The van der Waals surface area contributed by atoms with Crippen LogP contribution in [0, 0.1) is 0 Å². The minimum atomic E-state index is -0.300. The van der Waals surface area contributed by atoms with Crippen molar-refractivity contribution in [2.24, 2.45) is 0 Å². The van der Waals surface area contributed by atoms with E-state index in [1.165, 1.54) is 0 Å². The Labute approximate surface area is 59.2 Å². The van der Waals surface area contributed by atoms with Crippen LogP contribution in [0.3, 0.4) is 0 Å². The molecule has 0 aliphatic carbocycles. The van der Waals surface area contributed by atoms with Crippen LogP contribution in [-0.2, 0) is 4.43 Å². The van der Waals surface area contributed by atoms with Gasteiger partial charge in [0.2, 0.25) is 0 Å². The van der Waals surface area contributed by atoms with E-state index in [9.17, 15) is 0 Å². The summed E-state index contributed by atoms with van der Waals surface area (Å²) in [4.78, 5) is 0.565. The van der Waals surface area contributed by atoms with Gasteiger partial charge in [-0.3, -0.25) is 0 Å². The maximum absolute atomic E-state index is 5.25. The molecule has 0 aromatic carbocycles. The zero-order valence-corrected chi connectivity index (χ0v) is 7.86. The predicted molar refractivity (Wildman–Crippen MR) is 43.2 cm³/mol. The molecule has 0 heterocycles. The van der Waals surface area contributed by atoms with E-state index in [0.717, 1.165) is 13.0 Å². The molecule has 0 saturated carbocycles. The molecule has 0 aliphatic rings. The van der Waals surface area contributed by atoms with Crippen LogP contribution < -0.4 is 0 Å². The molecule has 0 saturated heterocycles. The van der Waals surface area contributed by atoms with Crippen LogP contribution in [0.1, 0.15) is 20.3 Å². The molecule has 1 atom stereocenters. The highest BCUT2D eigenvalue weighted by Gasteiger charge is 1.97. The van der Waals surface area contributed by atoms with Crippen LogP contribution in [0.4, 0.5) is 0 Å². The summed E-state index contributed by atoms with van der Waals surface area (Å²) in [6.07, 6.45) is 1.15. The van der Waals surface area contributed by atoms with Gasteiger partial charge in [-0.2, -0.15) is 12.6 Å². The molecule has 0 rings (SSSR count). The Morgan fingerprint density at radius 1 is 1.62 bits per heavy atom. The van der Waals surface area contributed by atoms with Gasteiger partial charge in [0.15, 0.2) is 9.76 Å². The molecule has 1 nitrogen and oxygen atoms in total. The first kappa shape index (κ1) is 8.53. The van der Waals surface area contributed by atoms with Crippen molar-refractivity contribution in [2.75, 3.05) is 6.61 Å². The normalized spacial score (nSPS) is 15.4. The van der Waals surface area contributed by atoms with Gasteiger partial charge in [-0.15, -0.1) is 0 Å². The Morgan fingerprint density at radius 2 is 2.25 bits per heavy atom. The molecule has 0 aliphatic heterocycles. The molecule has 0 amide bonds. The first-order valence-corrected chi connectivity index (χ1v) is 4.98. The van der Waals surface area contributed by atoms with Gasteiger partial charge in [-0.25, -0.2) is 0 Å². The molecule has 0 aromatic heterocycles. The fourth-order valence-electron chi connectivity index (χ4n) is 0.372. The molecule has 0 spiro atoms. The molecular weight excluding hydrogens is 136 g/mol. The molecule has 50 valence electrons. The van der Waals surface area contributed by atoms with Crippen LogP contribution in [-0.4, -0.2) is 21.2 Å². The summed E-state index contributed by atoms with van der Waals surface area (Å²) in [6.45, 7) is 5.04. The van der Waals surface area contributed by atoms with Gasteiger partial charge in [-0.05, 0) is 13.3 Å². The van der Waals surface area contributed by atoms with E-state index in [1.807, 2.05) is 6.92 Å². The Balaban J connectivity index is 2.86. The van der Waals surface area contributed by atoms with Gasteiger partial charge in [0.1, 0.15) is 0 Å². The van der Waals surface area contributed by atoms with E-state index >= 15 is 0 Å². The highest BCUT2D eigenvalue weighted by atomic mass is 32.1. The van der Waals surface area contributed by atoms with Crippen LogP contribution in [0.15, 0.2) is 0 Å². The van der Waals surface area contributed by atoms with Crippen LogP contribution >= 0.6 is 12.6 Å². The van der Waals surface area contributed by atoms with Crippen molar-refractivity contribution in [1.29, 1.82) is 0 Å². The third kappa shape index (κ3) is 4.68. The van der Waals surface area contributed by atoms with Gasteiger partial charge in [0.05, 0.1) is 0 Å². The first-order chi connectivity index (χ1) is 3.81. The van der Waals surface area contributed by atoms with Crippen molar-refractivity contribution < 1.29 is 4.43 Å². The predicted octanol–water partition coefficient (Wildman–Crippen LogP) is 0.773. The van der Waals surface area contributed by atoms with E-state index in [0.29, 0.717) is 4.87 Å². The molecule has 0 radical (unpaired) electrons. The summed E-state index contributed by atoms with van der Waals surface area (Å²) in [6, 6.07) is 0. The summed E-state index contributed by atoms with van der Waals surface area (Å²) in [5.41, 5.74) is 0. The molecule has 0 bridgehead atoms. The Morgan fingerprint density at radius 3 is 2.62 bits per heavy atom. The lowest BCUT2D eigenvalue weighted by atomic mass is 10.6. The lowest BCUT2D eigenvalue weighted by Gasteiger charge is -2.04. The van der Waals surface area contributed by atoms with E-state index in [2.05, 4.69) is 19.6 Å². The van der Waals surface area contributed by atoms with Gasteiger partial charge in [0, 0.05) is 11.5 Å². The summed E-state index contributed by atoms with van der Waals surface area (Å²) in [5.74, 6) is 0. The van der Waals surface area contributed by atoms with Crippen LogP contribution in [0.2, 0.25) is 0 Å². The van der Waals surface area contributed by atoms with Gasteiger partial charge >= 0.3 is 0 Å². The third-order valence-corrected chi connectivity index (χ3v) is 3.40. The van der Waals surface area contributed by atoms with Gasteiger partial charge < -0.3 is 4.43 Å². The summed E-state index contributed by atoms with van der Waals surface area (Å²) in [5, 5.41) is 0. The minimum absolute atomic E-state index is 0.300. The topological polar surface area (TPSA) is 9.23 Å². The Kier molecular flexibility index (Phi) is 6.03. The van der Waals surface area contributed by atoms with Gasteiger partial charge in [0.25, 0.3) is 0 Å². The fraction of sp³-hybridized carbons (Fsp3) is 1.00. The van der Waals surface area contributed by atoms with E-state index < -0.39 is 0 Å². The molecule has 1 unspecified atom stereocenters. The van der Waals surface area contributed by atoms with Crippen molar-refractivity contribution in [1.82, 2.24) is 0 Å². The lowest BCUT2D eigenvalue weighted by Crippen LogP contribution is -2.11. The number of thiol groups is 1. The first-order valence-electron chi connectivity index (χ1n) is 3.07. The van der Waals surface area contributed by atoms with E-state index in [4.69, 9.17) is 4.43 Å². The number of hydrogen-bond donors (Lipinski definition) is 1. The summed E-state index contributed by atoms with van der Waals surface area (Å²) >= 11 is 4.30. The van der Waals surface area contributed by atoms with Crippen LogP contribution in [0.25, 0.3) is 0 Å². The highest BCUT2D eigenvalue weighted by Crippen LogP contribution is 1.96. The second kappa shape index (κ2) is 5.66. The Hall–Kier alpha value is 0.527. The standard InChI is InChI=1S/C5H14OSSi/c1-3-5(7)8-6-4-2/h5,7H,3-4,8H2,1-2H3. The minimum Gasteiger partial charge on any atom is -0.423 e. The van der Waals surface area contributed by atoms with Crippen molar-refractivity contribution in [2.45, 2.75) is 25.1 Å². The lowest BCUT2D eigenvalue weighted by molar-refractivity contribution is 0.358. The Bertz CT molecular complexity index is 51.7. The maximum atomic E-state index is 5.25. The molecule has 3 heteroatoms. The second-order valence-electron chi connectivity index (χ2n) is 1.72. The molecule has 8 heavy (non-hydrogen) atoms. The molecular formula is C5H14OSSi. The smallest absolute Gasteiger partial charge is 0.174 e. The largest absolute Gasteiger partial charge is 0.423 e. The van der Waals surface area contributed by atoms with Crippen molar-refractivity contribution in [3.8, 4) is 0 Å². The average Bonchev–Trinajstić information content (AvgIpc) is 1.83. The third-order valence-electron chi connectivity index (χ3n) is 0.986. The number of rotatable bonds is 4. The van der Waals surface area contributed by atoms with Gasteiger partial charge in [-0.1, -0.05) is 6.92 Å². The molecule has 0 fully saturated rings. The van der Waals surface area contributed by atoms with Crippen molar-refractivity contribution in [3.63, 3.8) is 0 Å². The number of hydrogen-bond acceptors (Lipinski definition) is 2. The van der Waals surface area contributed by atoms with E-state index in [1.54, 1.807) is 0 Å². The van der Waals surface area contributed by atoms with Crippen molar-refractivity contribution in [3.05, 3.63) is 0 Å². The van der Waals surface area contributed by atoms with Crippen molar-refractivity contribution >= 4 is 22.4 Å². The summed E-state index contributed by atoms with van der Waals surface area (Å²) < 4.78 is 5.25. The average molecular weight is 150 g/mol. The second-order valence-corrected chi connectivity index (χ2v) is 4.87. The fourth-order valence-corrected chi connectivity index (χ4v) is 1.43. The zero-order valence-electron chi connectivity index (χ0n) is 5.55. The SMILES string of the molecule is CCO[SiH2]C(S)CC. The van der Waals surface area contributed by atoms with E-state index in [-0.39, 0.29) is 9.76 Å². The quantitative estimate of drug-likeness (QED) is 0.460. The maximum Gasteiger partial charge on any atom is 0.174 e. The highest BCUT2D eigenvalue weighted by molar-refractivity contribution is 7.82. The van der Waals surface area contributed by atoms with Crippen LogP contribution in [0.5, 0.6) is 0 Å². The summed E-state index contributed by atoms with van der Waals surface area (Å²) in [7, 11) is -0.300. The molecule has 0 aromatic rings.